The summed E-state index contributed by atoms with van der Waals surface area (Å²) >= 11 is 0. The van der Waals surface area contributed by atoms with Crippen molar-refractivity contribution in [2.45, 2.75) is 20.0 Å². The lowest BCUT2D eigenvalue weighted by Crippen LogP contribution is -2.50. The molecule has 6 nitrogen and oxygen atoms in total. The molecule has 2 heterocycles. The summed E-state index contributed by atoms with van der Waals surface area (Å²) in [5.74, 6) is 1.12. The topological polar surface area (TPSA) is 68.7 Å². The minimum Gasteiger partial charge on any atom is -0.391 e. The van der Waals surface area contributed by atoms with Crippen LogP contribution in [-0.2, 0) is 4.79 Å². The van der Waals surface area contributed by atoms with Crippen LogP contribution >= 0.6 is 0 Å². The lowest BCUT2D eigenvalue weighted by molar-refractivity contribution is -0.122. The van der Waals surface area contributed by atoms with Crippen LogP contribution in [0.5, 0.6) is 0 Å². The fourth-order valence-electron chi connectivity index (χ4n) is 2.39. The predicted octanol–water partition coefficient (Wildman–Crippen LogP) is 0.337. The third-order valence-electron chi connectivity index (χ3n) is 3.99. The van der Waals surface area contributed by atoms with Crippen molar-refractivity contribution < 1.29 is 9.90 Å². The van der Waals surface area contributed by atoms with E-state index < -0.39 is 6.10 Å². The summed E-state index contributed by atoms with van der Waals surface area (Å²) in [6.07, 6.45) is 1.32. The van der Waals surface area contributed by atoms with Crippen LogP contribution in [0, 0.1) is 5.92 Å². The molecule has 0 spiro atoms. The van der Waals surface area contributed by atoms with E-state index in [1.54, 1.807) is 6.20 Å². The van der Waals surface area contributed by atoms with Gasteiger partial charge in [0.2, 0.25) is 5.91 Å². The van der Waals surface area contributed by atoms with Gasteiger partial charge in [0.05, 0.1) is 12.6 Å². The van der Waals surface area contributed by atoms with Gasteiger partial charge in [0.25, 0.3) is 0 Å². The van der Waals surface area contributed by atoms with Crippen molar-refractivity contribution in [2.75, 3.05) is 44.2 Å². The largest absolute Gasteiger partial charge is 0.391 e. The van der Waals surface area contributed by atoms with E-state index in [1.807, 2.05) is 32.0 Å². The highest BCUT2D eigenvalue weighted by molar-refractivity contribution is 5.78. The standard InChI is InChI=1S/C16H26N4O2/c1-13(2)14(21)11-18-16(22)12-19-7-9-20(10-8-19)15-5-3-4-6-17-15/h3-6,13-14,21H,7-12H2,1-2H3,(H,18,22). The van der Waals surface area contributed by atoms with Gasteiger partial charge in [0.15, 0.2) is 0 Å². The van der Waals surface area contributed by atoms with Crippen LogP contribution in [0.25, 0.3) is 0 Å². The Hall–Kier alpha value is -1.66. The molecule has 0 radical (unpaired) electrons. The number of rotatable bonds is 6. The first-order chi connectivity index (χ1) is 10.6. The van der Waals surface area contributed by atoms with Gasteiger partial charge in [0.1, 0.15) is 5.82 Å². The van der Waals surface area contributed by atoms with Crippen LogP contribution in [0.15, 0.2) is 24.4 Å². The lowest BCUT2D eigenvalue weighted by atomic mass is 10.1. The zero-order valence-electron chi connectivity index (χ0n) is 13.4. The summed E-state index contributed by atoms with van der Waals surface area (Å²) < 4.78 is 0. The van der Waals surface area contributed by atoms with E-state index in [9.17, 15) is 9.90 Å². The molecule has 1 saturated heterocycles. The molecule has 0 aromatic carbocycles. The number of aliphatic hydroxyl groups excluding tert-OH is 1. The molecular weight excluding hydrogens is 280 g/mol. The summed E-state index contributed by atoms with van der Waals surface area (Å²) in [4.78, 5) is 20.6. The zero-order valence-corrected chi connectivity index (χ0v) is 13.4. The number of piperazine rings is 1. The van der Waals surface area contributed by atoms with Gasteiger partial charge in [0, 0.05) is 38.9 Å². The first kappa shape index (κ1) is 16.7. The van der Waals surface area contributed by atoms with E-state index in [1.165, 1.54) is 0 Å². The second-order valence-electron chi connectivity index (χ2n) is 6.07. The van der Waals surface area contributed by atoms with Crippen LogP contribution in [0.2, 0.25) is 0 Å². The van der Waals surface area contributed by atoms with Gasteiger partial charge in [-0.15, -0.1) is 0 Å². The molecule has 1 atom stereocenters. The first-order valence-corrected chi connectivity index (χ1v) is 7.89. The molecular formula is C16H26N4O2. The number of nitrogens with zero attached hydrogens (tertiary/aromatic N) is 3. The summed E-state index contributed by atoms with van der Waals surface area (Å²) in [5, 5.41) is 12.5. The van der Waals surface area contributed by atoms with Crippen LogP contribution in [0.3, 0.4) is 0 Å². The summed E-state index contributed by atoms with van der Waals surface area (Å²) in [6, 6.07) is 5.91. The summed E-state index contributed by atoms with van der Waals surface area (Å²) in [6.45, 7) is 8.03. The molecule has 0 bridgehead atoms. The molecule has 1 aromatic heterocycles. The number of aromatic nitrogens is 1. The molecule has 122 valence electrons. The van der Waals surface area contributed by atoms with Crippen molar-refractivity contribution in [3.63, 3.8) is 0 Å². The fraction of sp³-hybridized carbons (Fsp3) is 0.625. The minimum atomic E-state index is -0.482. The number of carbonyl (C=O) groups is 1. The molecule has 2 rings (SSSR count). The number of nitrogens with one attached hydrogen (secondary N) is 1. The van der Waals surface area contributed by atoms with Crippen LogP contribution in [0.1, 0.15) is 13.8 Å². The predicted molar refractivity (Wildman–Crippen MR) is 86.7 cm³/mol. The average molecular weight is 306 g/mol. The Morgan fingerprint density at radius 3 is 2.64 bits per heavy atom. The second kappa shape index (κ2) is 8.10. The SMILES string of the molecule is CC(C)C(O)CNC(=O)CN1CCN(c2ccccn2)CC1. The van der Waals surface area contributed by atoms with Crippen molar-refractivity contribution in [3.8, 4) is 0 Å². The Bertz CT molecular complexity index is 458. The second-order valence-corrected chi connectivity index (χ2v) is 6.07. The number of amides is 1. The van der Waals surface area contributed by atoms with Gasteiger partial charge in [-0.1, -0.05) is 19.9 Å². The molecule has 2 N–H and O–H groups in total. The van der Waals surface area contributed by atoms with Crippen molar-refractivity contribution in [2.24, 2.45) is 5.92 Å². The monoisotopic (exact) mass is 306 g/mol. The Morgan fingerprint density at radius 1 is 1.32 bits per heavy atom. The average Bonchev–Trinajstić information content (AvgIpc) is 2.54. The quantitative estimate of drug-likeness (QED) is 0.793. The Kier molecular flexibility index (Phi) is 6.15. The first-order valence-electron chi connectivity index (χ1n) is 7.89. The summed E-state index contributed by atoms with van der Waals surface area (Å²) in [7, 11) is 0. The summed E-state index contributed by atoms with van der Waals surface area (Å²) in [5.41, 5.74) is 0. The number of anilines is 1. The van der Waals surface area contributed by atoms with Gasteiger partial charge < -0.3 is 15.3 Å². The Balaban J connectivity index is 1.70. The maximum absolute atomic E-state index is 11.9. The molecule has 6 heteroatoms. The van der Waals surface area contributed by atoms with E-state index in [0.717, 1.165) is 32.0 Å². The van der Waals surface area contributed by atoms with E-state index >= 15 is 0 Å². The molecule has 0 saturated carbocycles. The van der Waals surface area contributed by atoms with E-state index in [2.05, 4.69) is 20.1 Å². The van der Waals surface area contributed by atoms with Crippen LogP contribution in [-0.4, -0.2) is 66.3 Å². The number of hydrogen-bond acceptors (Lipinski definition) is 5. The number of carbonyl (C=O) groups excluding carboxylic acids is 1. The third kappa shape index (κ3) is 4.96. The third-order valence-corrected chi connectivity index (χ3v) is 3.99. The van der Waals surface area contributed by atoms with Gasteiger partial charge in [-0.25, -0.2) is 4.98 Å². The van der Waals surface area contributed by atoms with E-state index in [-0.39, 0.29) is 11.8 Å². The van der Waals surface area contributed by atoms with Crippen LogP contribution in [0.4, 0.5) is 5.82 Å². The zero-order chi connectivity index (χ0) is 15.9. The van der Waals surface area contributed by atoms with E-state index in [0.29, 0.717) is 13.1 Å². The molecule has 1 aromatic rings. The molecule has 0 aliphatic carbocycles. The highest BCUT2D eigenvalue weighted by atomic mass is 16.3. The molecule has 1 unspecified atom stereocenters. The van der Waals surface area contributed by atoms with Gasteiger partial charge in [-0.05, 0) is 18.1 Å². The number of aliphatic hydroxyl groups is 1. The van der Waals surface area contributed by atoms with Gasteiger partial charge >= 0.3 is 0 Å². The van der Waals surface area contributed by atoms with Crippen molar-refractivity contribution in [3.05, 3.63) is 24.4 Å². The number of hydrogen-bond donors (Lipinski definition) is 2. The normalized spacial score (nSPS) is 17.5. The smallest absolute Gasteiger partial charge is 0.234 e. The van der Waals surface area contributed by atoms with Crippen molar-refractivity contribution in [1.82, 2.24) is 15.2 Å². The lowest BCUT2D eigenvalue weighted by Gasteiger charge is -2.35. The molecule has 1 fully saturated rings. The van der Waals surface area contributed by atoms with Crippen LogP contribution < -0.4 is 10.2 Å². The highest BCUT2D eigenvalue weighted by Gasteiger charge is 2.20. The van der Waals surface area contributed by atoms with Crippen molar-refractivity contribution in [1.29, 1.82) is 0 Å². The maximum atomic E-state index is 11.9. The molecule has 1 aliphatic rings. The Labute approximate surface area is 132 Å². The Morgan fingerprint density at radius 2 is 2.05 bits per heavy atom. The highest BCUT2D eigenvalue weighted by Crippen LogP contribution is 2.12. The molecule has 1 aliphatic heterocycles. The molecule has 22 heavy (non-hydrogen) atoms. The van der Waals surface area contributed by atoms with Gasteiger partial charge in [-0.3, -0.25) is 9.69 Å². The number of pyridine rings is 1. The maximum Gasteiger partial charge on any atom is 0.234 e. The fourth-order valence-corrected chi connectivity index (χ4v) is 2.39. The minimum absolute atomic E-state index is 0.0222. The molecule has 1 amide bonds. The van der Waals surface area contributed by atoms with Gasteiger partial charge in [-0.2, -0.15) is 0 Å². The van der Waals surface area contributed by atoms with E-state index in [4.69, 9.17) is 0 Å². The van der Waals surface area contributed by atoms with Crippen molar-refractivity contribution >= 4 is 11.7 Å².